The average Bonchev–Trinajstić information content (AvgIpc) is 2.28. The minimum absolute atomic E-state index is 0.255. The molecule has 0 amide bonds. The van der Waals surface area contributed by atoms with Gasteiger partial charge in [0.25, 0.3) is 0 Å². The predicted octanol–water partition coefficient (Wildman–Crippen LogP) is 1.93. The van der Waals surface area contributed by atoms with Gasteiger partial charge in [-0.3, -0.25) is 0 Å². The van der Waals surface area contributed by atoms with Crippen LogP contribution in [0.25, 0.3) is 0 Å². The van der Waals surface area contributed by atoms with E-state index in [-0.39, 0.29) is 13.2 Å². The monoisotopic (exact) mass is 208 g/mol. The van der Waals surface area contributed by atoms with Crippen LogP contribution in [-0.4, -0.2) is 23.4 Å². The summed E-state index contributed by atoms with van der Waals surface area (Å²) in [5.74, 6) is 0. The van der Waals surface area contributed by atoms with Gasteiger partial charge in [0.15, 0.2) is 0 Å². The largest absolute Gasteiger partial charge is 0.396 e. The summed E-state index contributed by atoms with van der Waals surface area (Å²) in [7, 11) is 0. The molecular weight excluding hydrogens is 188 g/mol. The van der Waals surface area contributed by atoms with Gasteiger partial charge in [-0.1, -0.05) is 24.3 Å². The summed E-state index contributed by atoms with van der Waals surface area (Å²) in [6.07, 6.45) is 4.71. The highest BCUT2D eigenvalue weighted by Gasteiger charge is 2.00. The molecule has 1 rings (SSSR count). The Labute approximate surface area is 91.6 Å². The second kappa shape index (κ2) is 7.43. The van der Waals surface area contributed by atoms with Crippen molar-refractivity contribution in [2.24, 2.45) is 0 Å². The van der Waals surface area contributed by atoms with Crippen LogP contribution in [0.5, 0.6) is 0 Å². The van der Waals surface area contributed by atoms with Gasteiger partial charge in [0.05, 0.1) is 0 Å². The molecule has 0 bridgehead atoms. The molecular formula is C13H20O2. The molecule has 0 radical (unpaired) electrons. The highest BCUT2D eigenvalue weighted by molar-refractivity contribution is 5.27. The van der Waals surface area contributed by atoms with E-state index in [9.17, 15) is 0 Å². The highest BCUT2D eigenvalue weighted by Crippen LogP contribution is 2.13. The highest BCUT2D eigenvalue weighted by atomic mass is 16.3. The van der Waals surface area contributed by atoms with Gasteiger partial charge in [-0.2, -0.15) is 0 Å². The van der Waals surface area contributed by atoms with Crippen LogP contribution in [0.2, 0.25) is 0 Å². The van der Waals surface area contributed by atoms with E-state index in [1.807, 2.05) is 6.07 Å². The first-order valence-corrected chi connectivity index (χ1v) is 5.67. The zero-order chi connectivity index (χ0) is 10.9. The Bertz CT molecular complexity index is 271. The molecule has 0 aliphatic carbocycles. The molecule has 2 N–H and O–H groups in total. The minimum Gasteiger partial charge on any atom is -0.396 e. The maximum absolute atomic E-state index is 8.80. The van der Waals surface area contributed by atoms with Crippen LogP contribution in [0.15, 0.2) is 24.3 Å². The Kier molecular flexibility index (Phi) is 6.05. The molecule has 0 saturated carbocycles. The molecule has 0 unspecified atom stereocenters. The quantitative estimate of drug-likeness (QED) is 0.672. The molecule has 0 aromatic heterocycles. The molecule has 2 nitrogen and oxygen atoms in total. The van der Waals surface area contributed by atoms with Crippen LogP contribution < -0.4 is 0 Å². The maximum atomic E-state index is 8.80. The zero-order valence-electron chi connectivity index (χ0n) is 9.15. The maximum Gasteiger partial charge on any atom is 0.0434 e. The number of aryl methyl sites for hydroxylation is 2. The van der Waals surface area contributed by atoms with Crippen LogP contribution in [-0.2, 0) is 12.8 Å². The van der Waals surface area contributed by atoms with Gasteiger partial charge < -0.3 is 10.2 Å². The fourth-order valence-corrected chi connectivity index (χ4v) is 1.74. The summed E-state index contributed by atoms with van der Waals surface area (Å²) in [6.45, 7) is 0.532. The van der Waals surface area contributed by atoms with Gasteiger partial charge >= 0.3 is 0 Å². The van der Waals surface area contributed by atoms with Crippen LogP contribution in [0.1, 0.15) is 30.4 Å². The van der Waals surface area contributed by atoms with Gasteiger partial charge in [-0.15, -0.1) is 0 Å². The molecule has 0 aliphatic heterocycles. The van der Waals surface area contributed by atoms with E-state index < -0.39 is 0 Å². The molecule has 0 saturated heterocycles. The van der Waals surface area contributed by atoms with Crippen molar-refractivity contribution < 1.29 is 10.2 Å². The first kappa shape index (κ1) is 12.2. The third kappa shape index (κ3) is 4.45. The number of aliphatic hydroxyl groups excluding tert-OH is 2. The lowest BCUT2D eigenvalue weighted by Crippen LogP contribution is -1.97. The molecule has 1 aromatic carbocycles. The minimum atomic E-state index is 0.255. The second-order valence-electron chi connectivity index (χ2n) is 3.78. The molecule has 0 heterocycles. The van der Waals surface area contributed by atoms with Crippen molar-refractivity contribution in [3.8, 4) is 0 Å². The smallest absolute Gasteiger partial charge is 0.0434 e. The SMILES string of the molecule is OCCCCc1ccccc1CCCO. The van der Waals surface area contributed by atoms with Crippen LogP contribution in [0, 0.1) is 0 Å². The van der Waals surface area contributed by atoms with E-state index in [2.05, 4.69) is 18.2 Å². The third-order valence-electron chi connectivity index (χ3n) is 2.58. The number of aliphatic hydroxyl groups is 2. The summed E-state index contributed by atoms with van der Waals surface area (Å²) in [6, 6.07) is 8.37. The normalized spacial score (nSPS) is 10.5. The molecule has 1 aromatic rings. The van der Waals surface area contributed by atoms with E-state index in [0.717, 1.165) is 32.1 Å². The Balaban J connectivity index is 2.52. The summed E-state index contributed by atoms with van der Waals surface area (Å²) in [4.78, 5) is 0. The summed E-state index contributed by atoms with van der Waals surface area (Å²) < 4.78 is 0. The first-order valence-electron chi connectivity index (χ1n) is 5.67. The van der Waals surface area contributed by atoms with Crippen molar-refractivity contribution in [3.05, 3.63) is 35.4 Å². The van der Waals surface area contributed by atoms with Gasteiger partial charge in [0, 0.05) is 13.2 Å². The van der Waals surface area contributed by atoms with E-state index >= 15 is 0 Å². The summed E-state index contributed by atoms with van der Waals surface area (Å²) in [5.41, 5.74) is 2.70. The van der Waals surface area contributed by atoms with E-state index in [4.69, 9.17) is 10.2 Å². The molecule has 0 spiro atoms. The number of rotatable bonds is 7. The molecule has 84 valence electrons. The molecule has 15 heavy (non-hydrogen) atoms. The molecule has 0 atom stereocenters. The molecule has 2 heteroatoms. The van der Waals surface area contributed by atoms with Crippen LogP contribution in [0.4, 0.5) is 0 Å². The topological polar surface area (TPSA) is 40.5 Å². The van der Waals surface area contributed by atoms with Crippen LogP contribution in [0.3, 0.4) is 0 Å². The summed E-state index contributed by atoms with van der Waals surface area (Å²) >= 11 is 0. The van der Waals surface area contributed by atoms with Gasteiger partial charge in [-0.05, 0) is 43.2 Å². The van der Waals surface area contributed by atoms with Crippen molar-refractivity contribution >= 4 is 0 Å². The van der Waals surface area contributed by atoms with Crippen molar-refractivity contribution in [1.82, 2.24) is 0 Å². The van der Waals surface area contributed by atoms with E-state index in [1.165, 1.54) is 11.1 Å². The fraction of sp³-hybridized carbons (Fsp3) is 0.538. The predicted molar refractivity (Wildman–Crippen MR) is 61.9 cm³/mol. The lowest BCUT2D eigenvalue weighted by atomic mass is 9.99. The van der Waals surface area contributed by atoms with Gasteiger partial charge in [0.2, 0.25) is 0 Å². The number of benzene rings is 1. The number of hydrogen-bond acceptors (Lipinski definition) is 2. The lowest BCUT2D eigenvalue weighted by molar-refractivity contribution is 0.284. The van der Waals surface area contributed by atoms with Gasteiger partial charge in [0.1, 0.15) is 0 Å². The van der Waals surface area contributed by atoms with Gasteiger partial charge in [-0.25, -0.2) is 0 Å². The van der Waals surface area contributed by atoms with Crippen molar-refractivity contribution in [2.45, 2.75) is 32.1 Å². The van der Waals surface area contributed by atoms with E-state index in [1.54, 1.807) is 0 Å². The van der Waals surface area contributed by atoms with Crippen molar-refractivity contribution in [2.75, 3.05) is 13.2 Å². The standard InChI is InChI=1S/C13H20O2/c14-10-4-3-8-12-6-1-2-7-13(12)9-5-11-15/h1-2,6-7,14-15H,3-5,8-11H2. The summed E-state index contributed by atoms with van der Waals surface area (Å²) in [5, 5.41) is 17.5. The van der Waals surface area contributed by atoms with E-state index in [0.29, 0.717) is 0 Å². The Morgan fingerprint density at radius 3 is 1.80 bits per heavy atom. The third-order valence-corrected chi connectivity index (χ3v) is 2.58. The van der Waals surface area contributed by atoms with Crippen molar-refractivity contribution in [3.63, 3.8) is 0 Å². The van der Waals surface area contributed by atoms with Crippen molar-refractivity contribution in [1.29, 1.82) is 0 Å². The molecule has 0 fully saturated rings. The Morgan fingerprint density at radius 1 is 0.733 bits per heavy atom. The lowest BCUT2D eigenvalue weighted by Gasteiger charge is -2.08. The number of unbranched alkanes of at least 4 members (excludes halogenated alkanes) is 1. The zero-order valence-corrected chi connectivity index (χ0v) is 9.15. The Hall–Kier alpha value is -0.860. The van der Waals surface area contributed by atoms with Crippen LogP contribution >= 0.6 is 0 Å². The second-order valence-corrected chi connectivity index (χ2v) is 3.78. The fourth-order valence-electron chi connectivity index (χ4n) is 1.74. The average molecular weight is 208 g/mol. The first-order chi connectivity index (χ1) is 7.38. The molecule has 0 aliphatic rings. The number of hydrogen-bond donors (Lipinski definition) is 2. The Morgan fingerprint density at radius 2 is 1.27 bits per heavy atom.